The van der Waals surface area contributed by atoms with Crippen LogP contribution in [0.1, 0.15) is 33.6 Å². The lowest BCUT2D eigenvalue weighted by Gasteiger charge is -2.05. The molecule has 1 aliphatic heterocycles. The zero-order chi connectivity index (χ0) is 16.1. The van der Waals surface area contributed by atoms with Crippen LogP contribution in [0.5, 0.6) is 5.75 Å². The fraction of sp³-hybridized carbons (Fsp3) is 0.263. The molecule has 1 saturated heterocycles. The average molecular weight is 327 g/mol. The predicted molar refractivity (Wildman–Crippen MR) is 93.4 cm³/mol. The molecule has 2 aromatic carbocycles. The Morgan fingerprint density at radius 1 is 0.870 bits per heavy atom. The summed E-state index contributed by atoms with van der Waals surface area (Å²) in [6.07, 6.45) is 2.51. The maximum atomic E-state index is 12.3. The van der Waals surface area contributed by atoms with Gasteiger partial charge in [-0.25, -0.2) is 4.79 Å². The van der Waals surface area contributed by atoms with E-state index >= 15 is 0 Å². The number of hydrogen-bond acceptors (Lipinski definition) is 3. The second kappa shape index (κ2) is 7.47. The van der Waals surface area contributed by atoms with Crippen LogP contribution in [0, 0.1) is 0 Å². The van der Waals surface area contributed by atoms with Gasteiger partial charge in [0.2, 0.25) is 5.78 Å². The molecule has 0 N–H and O–H groups in total. The van der Waals surface area contributed by atoms with Gasteiger partial charge in [-0.2, -0.15) is 0 Å². The summed E-state index contributed by atoms with van der Waals surface area (Å²) in [4.78, 5) is 24.2. The minimum Gasteiger partial charge on any atom is -0.423 e. The van der Waals surface area contributed by atoms with Gasteiger partial charge in [-0.1, -0.05) is 18.2 Å². The molecule has 1 heterocycles. The summed E-state index contributed by atoms with van der Waals surface area (Å²) in [6, 6.07) is 15.7. The summed E-state index contributed by atoms with van der Waals surface area (Å²) in [5.41, 5.74) is 1.21. The largest absolute Gasteiger partial charge is 0.423 e. The average Bonchev–Trinajstić information content (AvgIpc) is 3.09. The first-order chi connectivity index (χ1) is 11.2. The van der Waals surface area contributed by atoms with Crippen LogP contribution in [0.3, 0.4) is 0 Å². The van der Waals surface area contributed by atoms with E-state index in [0.717, 1.165) is 0 Å². The van der Waals surface area contributed by atoms with Crippen LogP contribution in [-0.4, -0.2) is 29.0 Å². The maximum absolute atomic E-state index is 12.3. The third kappa shape index (κ3) is 4.23. The van der Waals surface area contributed by atoms with Crippen LogP contribution >= 0.6 is 0 Å². The minimum atomic E-state index is -0.392. The zero-order valence-electron chi connectivity index (χ0n) is 12.9. The molecule has 0 spiro atoms. The number of hydrogen-bond donors (Lipinski definition) is 0. The van der Waals surface area contributed by atoms with E-state index in [-0.39, 0.29) is 16.7 Å². The van der Waals surface area contributed by atoms with E-state index in [9.17, 15) is 9.59 Å². The van der Waals surface area contributed by atoms with E-state index < -0.39 is 5.97 Å². The first kappa shape index (κ1) is 15.8. The number of Topliss-reactive ketones (excluding diaryl/α,β-unsaturated/α-hetero) is 1. The minimum absolute atomic E-state index is 0.191. The van der Waals surface area contributed by atoms with Crippen molar-refractivity contribution < 1.29 is 14.3 Å². The monoisotopic (exact) mass is 327 g/mol. The van der Waals surface area contributed by atoms with E-state index in [2.05, 4.69) is 0 Å². The van der Waals surface area contributed by atoms with Crippen molar-refractivity contribution in [2.24, 2.45) is 0 Å². The van der Waals surface area contributed by atoms with Crippen molar-refractivity contribution in [2.75, 3.05) is 17.3 Å². The van der Waals surface area contributed by atoms with Crippen molar-refractivity contribution in [2.45, 2.75) is 12.8 Å². The van der Waals surface area contributed by atoms with Crippen LogP contribution in [-0.2, 0) is 10.9 Å². The van der Waals surface area contributed by atoms with Crippen molar-refractivity contribution in [3.8, 4) is 5.75 Å². The fourth-order valence-electron chi connectivity index (χ4n) is 2.58. The van der Waals surface area contributed by atoms with Crippen molar-refractivity contribution in [3.05, 3.63) is 65.7 Å². The summed E-state index contributed by atoms with van der Waals surface area (Å²) in [6.45, 7) is 0. The standard InChI is InChI=1S/C19H19O3S/c20-18(14-23-12-4-5-13-23)15-8-10-17(11-9-15)22-19(21)16-6-2-1-3-7-16/h1-3,6-11H,4-5,12-14H2/q+1. The Labute approximate surface area is 139 Å². The molecule has 3 rings (SSSR count). The molecule has 0 radical (unpaired) electrons. The lowest BCUT2D eigenvalue weighted by atomic mass is 10.1. The number of carbonyl (C=O) groups excluding carboxylic acids is 2. The van der Waals surface area contributed by atoms with Gasteiger partial charge in [0.25, 0.3) is 0 Å². The molecule has 2 aromatic rings. The van der Waals surface area contributed by atoms with E-state index in [1.165, 1.54) is 24.3 Å². The topological polar surface area (TPSA) is 43.4 Å². The van der Waals surface area contributed by atoms with Crippen LogP contribution in [0.4, 0.5) is 0 Å². The molecule has 1 fully saturated rings. The second-order valence-electron chi connectivity index (χ2n) is 5.58. The Bertz CT molecular complexity index is 674. The summed E-state index contributed by atoms with van der Waals surface area (Å²) in [5.74, 6) is 3.30. The number of ether oxygens (including phenoxy) is 1. The quantitative estimate of drug-likeness (QED) is 0.365. The lowest BCUT2D eigenvalue weighted by Crippen LogP contribution is -2.17. The fourth-order valence-corrected chi connectivity index (χ4v) is 4.83. The molecule has 1 aliphatic rings. The molecule has 0 atom stereocenters. The van der Waals surface area contributed by atoms with Gasteiger partial charge in [0.1, 0.15) is 17.3 Å². The number of esters is 1. The van der Waals surface area contributed by atoms with Crippen LogP contribution in [0.2, 0.25) is 0 Å². The predicted octanol–water partition coefficient (Wildman–Crippen LogP) is 3.50. The highest BCUT2D eigenvalue weighted by Gasteiger charge is 2.27. The summed E-state index contributed by atoms with van der Waals surface area (Å²) in [5, 5.41) is 0. The second-order valence-corrected chi connectivity index (χ2v) is 7.91. The van der Waals surface area contributed by atoms with Crippen LogP contribution in [0.15, 0.2) is 54.6 Å². The molecular formula is C19H19O3S+. The van der Waals surface area contributed by atoms with Crippen LogP contribution < -0.4 is 4.74 Å². The van der Waals surface area contributed by atoms with Gasteiger partial charge in [0, 0.05) is 5.56 Å². The number of benzene rings is 2. The molecule has 3 nitrogen and oxygen atoms in total. The Morgan fingerprint density at radius 2 is 1.52 bits per heavy atom. The molecule has 118 valence electrons. The molecule has 0 unspecified atom stereocenters. The van der Waals surface area contributed by atoms with Gasteiger partial charge >= 0.3 is 5.97 Å². The zero-order valence-corrected chi connectivity index (χ0v) is 13.7. The third-order valence-corrected chi connectivity index (χ3v) is 6.25. The maximum Gasteiger partial charge on any atom is 0.343 e. The first-order valence-electron chi connectivity index (χ1n) is 7.77. The molecular weight excluding hydrogens is 308 g/mol. The molecule has 0 aromatic heterocycles. The Hall–Kier alpha value is -2.07. The highest BCUT2D eigenvalue weighted by Crippen LogP contribution is 2.18. The van der Waals surface area contributed by atoms with Gasteiger partial charge in [0.05, 0.1) is 5.56 Å². The van der Waals surface area contributed by atoms with Crippen molar-refractivity contribution in [1.82, 2.24) is 0 Å². The third-order valence-electron chi connectivity index (χ3n) is 3.85. The Kier molecular flexibility index (Phi) is 5.13. The summed E-state index contributed by atoms with van der Waals surface area (Å²) >= 11 is 0. The number of carbonyl (C=O) groups is 2. The van der Waals surface area contributed by atoms with Gasteiger partial charge in [0.15, 0.2) is 5.75 Å². The van der Waals surface area contributed by atoms with Gasteiger partial charge < -0.3 is 4.74 Å². The number of rotatable bonds is 5. The normalized spacial score (nSPS) is 14.6. The lowest BCUT2D eigenvalue weighted by molar-refractivity contribution is 0.0734. The Balaban J connectivity index is 1.60. The van der Waals surface area contributed by atoms with Gasteiger partial charge in [-0.05, 0) is 60.1 Å². The summed E-state index contributed by atoms with van der Waals surface area (Å²) < 4.78 is 5.32. The molecule has 4 heteroatoms. The highest BCUT2D eigenvalue weighted by molar-refractivity contribution is 7.97. The van der Waals surface area contributed by atoms with Crippen molar-refractivity contribution >= 4 is 22.6 Å². The van der Waals surface area contributed by atoms with E-state index in [1.807, 2.05) is 6.07 Å². The smallest absolute Gasteiger partial charge is 0.343 e. The van der Waals surface area contributed by atoms with E-state index in [4.69, 9.17) is 4.74 Å². The van der Waals surface area contributed by atoms with E-state index in [1.54, 1.807) is 48.5 Å². The molecule has 0 saturated carbocycles. The van der Waals surface area contributed by atoms with Crippen molar-refractivity contribution in [3.63, 3.8) is 0 Å². The SMILES string of the molecule is O=C(C[S+]1CCCC1)c1ccc(OC(=O)c2ccccc2)cc1. The van der Waals surface area contributed by atoms with Crippen LogP contribution in [0.25, 0.3) is 0 Å². The highest BCUT2D eigenvalue weighted by atomic mass is 32.2. The Morgan fingerprint density at radius 3 is 2.17 bits per heavy atom. The molecule has 0 amide bonds. The van der Waals surface area contributed by atoms with Gasteiger partial charge in [-0.3, -0.25) is 4.79 Å². The summed E-state index contributed by atoms with van der Waals surface area (Å²) in [7, 11) is 0.268. The molecule has 0 aliphatic carbocycles. The van der Waals surface area contributed by atoms with E-state index in [0.29, 0.717) is 22.6 Å². The molecule has 23 heavy (non-hydrogen) atoms. The van der Waals surface area contributed by atoms with Crippen molar-refractivity contribution in [1.29, 1.82) is 0 Å². The molecule has 0 bridgehead atoms. The first-order valence-corrected chi connectivity index (χ1v) is 9.50. The number of ketones is 1. The van der Waals surface area contributed by atoms with Gasteiger partial charge in [-0.15, -0.1) is 0 Å².